The molecule has 0 aromatic carbocycles. The van der Waals surface area contributed by atoms with Crippen LogP contribution in [0.4, 0.5) is 11.6 Å². The van der Waals surface area contributed by atoms with Crippen molar-refractivity contribution in [2.75, 3.05) is 24.3 Å². The molecule has 1 fully saturated rings. The molecule has 2 rings (SSSR count). The number of ether oxygens (including phenoxy) is 1. The molecule has 1 aromatic rings. The van der Waals surface area contributed by atoms with E-state index in [9.17, 15) is 0 Å². The van der Waals surface area contributed by atoms with Crippen LogP contribution in [0.15, 0.2) is 10.8 Å². The van der Waals surface area contributed by atoms with Gasteiger partial charge in [-0.2, -0.15) is 0 Å². The Balaban J connectivity index is 2.14. The number of aromatic nitrogens is 2. The van der Waals surface area contributed by atoms with Crippen LogP contribution in [-0.2, 0) is 4.74 Å². The van der Waals surface area contributed by atoms with Crippen LogP contribution in [0, 0.1) is 0 Å². The van der Waals surface area contributed by atoms with E-state index in [1.54, 1.807) is 6.33 Å². The van der Waals surface area contributed by atoms with Gasteiger partial charge < -0.3 is 15.4 Å². The van der Waals surface area contributed by atoms with Gasteiger partial charge in [-0.3, -0.25) is 0 Å². The largest absolute Gasteiger partial charge is 0.376 e. The molecule has 16 heavy (non-hydrogen) atoms. The van der Waals surface area contributed by atoms with Crippen molar-refractivity contribution in [3.63, 3.8) is 0 Å². The minimum atomic E-state index is 0.222. The molecule has 2 N–H and O–H groups in total. The molecule has 2 unspecified atom stereocenters. The molecule has 2 atom stereocenters. The predicted molar refractivity (Wildman–Crippen MR) is 66.7 cm³/mol. The normalized spacial score (nSPS) is 24.4. The maximum Gasteiger partial charge on any atom is 0.146 e. The Kier molecular flexibility index (Phi) is 3.60. The Morgan fingerprint density at radius 2 is 2.19 bits per heavy atom. The fraction of sp³-hybridized carbons (Fsp3) is 0.600. The lowest BCUT2D eigenvalue weighted by Gasteiger charge is -2.18. The van der Waals surface area contributed by atoms with Gasteiger partial charge in [0.15, 0.2) is 0 Å². The van der Waals surface area contributed by atoms with Gasteiger partial charge >= 0.3 is 0 Å². The molecule has 0 saturated carbocycles. The van der Waals surface area contributed by atoms with Crippen LogP contribution in [0.25, 0.3) is 0 Å². The van der Waals surface area contributed by atoms with Gasteiger partial charge in [-0.05, 0) is 29.3 Å². The van der Waals surface area contributed by atoms with Crippen molar-refractivity contribution in [3.05, 3.63) is 10.8 Å². The molecule has 0 amide bonds. The van der Waals surface area contributed by atoms with Crippen molar-refractivity contribution in [1.29, 1.82) is 0 Å². The van der Waals surface area contributed by atoms with Gasteiger partial charge in [0, 0.05) is 13.7 Å². The summed E-state index contributed by atoms with van der Waals surface area (Å²) in [5.74, 6) is 1.59. The molecule has 1 aromatic heterocycles. The van der Waals surface area contributed by atoms with Crippen LogP contribution in [-0.4, -0.2) is 35.8 Å². The molecule has 0 radical (unpaired) electrons. The quantitative estimate of drug-likeness (QED) is 0.888. The summed E-state index contributed by atoms with van der Waals surface area (Å²) in [6, 6.07) is 0.316. The summed E-state index contributed by atoms with van der Waals surface area (Å²) in [6.45, 7) is 2.87. The van der Waals surface area contributed by atoms with Crippen LogP contribution >= 0.6 is 15.9 Å². The summed E-state index contributed by atoms with van der Waals surface area (Å²) in [6.07, 6.45) is 2.77. The summed E-state index contributed by atoms with van der Waals surface area (Å²) < 4.78 is 6.36. The maximum absolute atomic E-state index is 5.50. The van der Waals surface area contributed by atoms with Crippen molar-refractivity contribution in [2.45, 2.75) is 25.5 Å². The predicted octanol–water partition coefficient (Wildman–Crippen LogP) is 1.87. The molecule has 5 nitrogen and oxygen atoms in total. The van der Waals surface area contributed by atoms with Crippen molar-refractivity contribution in [1.82, 2.24) is 9.97 Å². The van der Waals surface area contributed by atoms with Crippen LogP contribution in [0.2, 0.25) is 0 Å². The van der Waals surface area contributed by atoms with Gasteiger partial charge in [-0.1, -0.05) is 0 Å². The molecule has 88 valence electrons. The minimum absolute atomic E-state index is 0.222. The highest BCUT2D eigenvalue weighted by atomic mass is 79.9. The summed E-state index contributed by atoms with van der Waals surface area (Å²) >= 11 is 3.48. The number of anilines is 2. The van der Waals surface area contributed by atoms with Gasteiger partial charge in [0.05, 0.1) is 12.1 Å². The van der Waals surface area contributed by atoms with E-state index in [4.69, 9.17) is 4.74 Å². The SMILES string of the molecule is CNc1ncnc(NC2CCOC2C)c1Br. The van der Waals surface area contributed by atoms with Gasteiger partial charge in [0.2, 0.25) is 0 Å². The summed E-state index contributed by atoms with van der Waals surface area (Å²) in [5.41, 5.74) is 0. The first-order valence-corrected chi connectivity index (χ1v) is 6.08. The third-order valence-corrected chi connectivity index (χ3v) is 3.48. The molecule has 0 spiro atoms. The van der Waals surface area contributed by atoms with Crippen LogP contribution in [0.1, 0.15) is 13.3 Å². The Morgan fingerprint density at radius 3 is 2.81 bits per heavy atom. The lowest BCUT2D eigenvalue weighted by molar-refractivity contribution is 0.121. The smallest absolute Gasteiger partial charge is 0.146 e. The van der Waals surface area contributed by atoms with E-state index < -0.39 is 0 Å². The zero-order chi connectivity index (χ0) is 11.5. The molecule has 1 saturated heterocycles. The monoisotopic (exact) mass is 286 g/mol. The number of hydrogen-bond donors (Lipinski definition) is 2. The van der Waals surface area contributed by atoms with E-state index in [-0.39, 0.29) is 6.10 Å². The van der Waals surface area contributed by atoms with Crippen molar-refractivity contribution >= 4 is 27.6 Å². The molecule has 0 bridgehead atoms. The Morgan fingerprint density at radius 1 is 1.44 bits per heavy atom. The van der Waals surface area contributed by atoms with Crippen molar-refractivity contribution in [3.8, 4) is 0 Å². The topological polar surface area (TPSA) is 59.1 Å². The number of hydrogen-bond acceptors (Lipinski definition) is 5. The number of nitrogens with one attached hydrogen (secondary N) is 2. The van der Waals surface area contributed by atoms with Gasteiger partial charge in [-0.25, -0.2) is 9.97 Å². The molecule has 1 aliphatic rings. The summed E-state index contributed by atoms with van der Waals surface area (Å²) in [5, 5.41) is 6.37. The minimum Gasteiger partial charge on any atom is -0.376 e. The average molecular weight is 287 g/mol. The van der Waals surface area contributed by atoms with Crippen LogP contribution in [0.5, 0.6) is 0 Å². The maximum atomic E-state index is 5.50. The fourth-order valence-corrected chi connectivity index (χ4v) is 2.26. The highest BCUT2D eigenvalue weighted by molar-refractivity contribution is 9.10. The van der Waals surface area contributed by atoms with Gasteiger partial charge in [-0.15, -0.1) is 0 Å². The van der Waals surface area contributed by atoms with Crippen LogP contribution < -0.4 is 10.6 Å². The first-order valence-electron chi connectivity index (χ1n) is 5.28. The Hall–Kier alpha value is -0.880. The number of halogens is 1. The lowest BCUT2D eigenvalue weighted by Crippen LogP contribution is -2.27. The molecular weight excluding hydrogens is 272 g/mol. The van der Waals surface area contributed by atoms with E-state index in [0.717, 1.165) is 29.1 Å². The van der Waals surface area contributed by atoms with Gasteiger partial charge in [0.25, 0.3) is 0 Å². The highest BCUT2D eigenvalue weighted by Gasteiger charge is 2.25. The first kappa shape index (κ1) is 11.6. The molecule has 2 heterocycles. The lowest BCUT2D eigenvalue weighted by atomic mass is 10.1. The van der Waals surface area contributed by atoms with E-state index in [0.29, 0.717) is 6.04 Å². The molecule has 0 aliphatic carbocycles. The van der Waals surface area contributed by atoms with Crippen molar-refractivity contribution < 1.29 is 4.74 Å². The second-order valence-corrected chi connectivity index (χ2v) is 4.54. The van der Waals surface area contributed by atoms with Crippen LogP contribution in [0.3, 0.4) is 0 Å². The molecule has 1 aliphatic heterocycles. The summed E-state index contributed by atoms with van der Waals surface area (Å²) in [4.78, 5) is 8.33. The van der Waals surface area contributed by atoms with E-state index in [1.807, 2.05) is 7.05 Å². The Bertz CT molecular complexity index is 374. The molecular formula is C10H15BrN4O. The second-order valence-electron chi connectivity index (χ2n) is 3.75. The van der Waals surface area contributed by atoms with Gasteiger partial charge in [0.1, 0.15) is 22.4 Å². The highest BCUT2D eigenvalue weighted by Crippen LogP contribution is 2.28. The average Bonchev–Trinajstić information content (AvgIpc) is 2.68. The van der Waals surface area contributed by atoms with E-state index >= 15 is 0 Å². The van der Waals surface area contributed by atoms with E-state index in [2.05, 4.69) is 43.5 Å². The third-order valence-electron chi connectivity index (χ3n) is 2.72. The zero-order valence-corrected chi connectivity index (χ0v) is 10.9. The molecule has 6 heteroatoms. The zero-order valence-electron chi connectivity index (χ0n) is 9.33. The third kappa shape index (κ3) is 2.27. The second kappa shape index (κ2) is 4.97. The summed E-state index contributed by atoms with van der Waals surface area (Å²) in [7, 11) is 1.83. The Labute approximate surface area is 103 Å². The number of nitrogens with zero attached hydrogens (tertiary/aromatic N) is 2. The first-order chi connectivity index (χ1) is 7.72. The number of rotatable bonds is 3. The van der Waals surface area contributed by atoms with E-state index in [1.165, 1.54) is 0 Å². The van der Waals surface area contributed by atoms with Crippen molar-refractivity contribution in [2.24, 2.45) is 0 Å². The fourth-order valence-electron chi connectivity index (χ4n) is 1.74. The standard InChI is InChI=1S/C10H15BrN4O/c1-6-7(3-4-16-6)15-10-8(11)9(12-2)13-5-14-10/h5-7H,3-4H2,1-2H3,(H2,12,13,14,15).